The van der Waals surface area contributed by atoms with Crippen molar-refractivity contribution in [2.75, 3.05) is 26.8 Å². The highest BCUT2D eigenvalue weighted by molar-refractivity contribution is 14.0. The van der Waals surface area contributed by atoms with Gasteiger partial charge in [0, 0.05) is 32.5 Å². The van der Waals surface area contributed by atoms with Crippen LogP contribution in [-0.2, 0) is 11.3 Å². The monoisotopic (exact) mass is 462 g/mol. The number of nitrogens with zero attached hydrogens (tertiary/aromatic N) is 2. The van der Waals surface area contributed by atoms with Crippen LogP contribution in [0, 0.1) is 0 Å². The van der Waals surface area contributed by atoms with Crippen molar-refractivity contribution in [3.05, 3.63) is 23.9 Å². The Labute approximate surface area is 168 Å². The maximum absolute atomic E-state index is 5.95. The van der Waals surface area contributed by atoms with Crippen molar-refractivity contribution in [3.8, 4) is 5.88 Å². The predicted octanol–water partition coefficient (Wildman–Crippen LogP) is 3.11. The molecular formula is C18H31IN4O2. The Kier molecular flexibility index (Phi) is 11.6. The van der Waals surface area contributed by atoms with Gasteiger partial charge in [0.1, 0.15) is 6.10 Å². The van der Waals surface area contributed by atoms with E-state index in [1.54, 1.807) is 7.11 Å². The van der Waals surface area contributed by atoms with Crippen molar-refractivity contribution in [1.82, 2.24) is 15.6 Å². The van der Waals surface area contributed by atoms with E-state index in [1.165, 1.54) is 19.3 Å². The molecule has 0 atom stereocenters. The molecule has 1 fully saturated rings. The molecule has 1 aromatic rings. The number of methoxy groups -OCH3 is 1. The summed E-state index contributed by atoms with van der Waals surface area (Å²) in [7, 11) is 1.69. The first-order valence-corrected chi connectivity index (χ1v) is 8.94. The van der Waals surface area contributed by atoms with Gasteiger partial charge in [0.15, 0.2) is 5.96 Å². The number of hydrogen-bond acceptors (Lipinski definition) is 4. The molecule has 0 spiro atoms. The van der Waals surface area contributed by atoms with Crippen molar-refractivity contribution < 1.29 is 9.47 Å². The van der Waals surface area contributed by atoms with Gasteiger partial charge in [-0.05, 0) is 38.2 Å². The number of ether oxygens (including phenoxy) is 2. The molecule has 0 aromatic carbocycles. The smallest absolute Gasteiger partial charge is 0.213 e. The molecule has 2 rings (SSSR count). The molecular weight excluding hydrogens is 431 g/mol. The minimum atomic E-state index is 0. The van der Waals surface area contributed by atoms with E-state index in [4.69, 9.17) is 9.47 Å². The van der Waals surface area contributed by atoms with Gasteiger partial charge in [-0.1, -0.05) is 12.5 Å². The lowest BCUT2D eigenvalue weighted by molar-refractivity contribution is 0.148. The van der Waals surface area contributed by atoms with Crippen molar-refractivity contribution in [2.45, 2.75) is 51.7 Å². The number of aromatic nitrogens is 1. The Morgan fingerprint density at radius 2 is 2.04 bits per heavy atom. The third kappa shape index (κ3) is 8.71. The van der Waals surface area contributed by atoms with Crippen LogP contribution in [-0.4, -0.2) is 43.9 Å². The number of rotatable bonds is 8. The molecule has 1 heterocycles. The van der Waals surface area contributed by atoms with E-state index >= 15 is 0 Å². The first-order chi connectivity index (χ1) is 11.8. The van der Waals surface area contributed by atoms with Crippen LogP contribution in [0.25, 0.3) is 0 Å². The molecule has 0 unspecified atom stereocenters. The Balaban J connectivity index is 0.00000312. The second kappa shape index (κ2) is 13.2. The maximum atomic E-state index is 5.95. The first kappa shape index (κ1) is 22.0. The molecule has 1 aromatic heterocycles. The van der Waals surface area contributed by atoms with Gasteiger partial charge in [-0.3, -0.25) is 0 Å². The molecule has 142 valence electrons. The maximum Gasteiger partial charge on any atom is 0.213 e. The predicted molar refractivity (Wildman–Crippen MR) is 112 cm³/mol. The summed E-state index contributed by atoms with van der Waals surface area (Å²) in [6, 6.07) is 3.98. The molecule has 0 saturated heterocycles. The van der Waals surface area contributed by atoms with Crippen molar-refractivity contribution in [3.63, 3.8) is 0 Å². The number of halogens is 1. The highest BCUT2D eigenvalue weighted by atomic mass is 127. The van der Waals surface area contributed by atoms with Gasteiger partial charge < -0.3 is 20.1 Å². The van der Waals surface area contributed by atoms with E-state index in [1.807, 2.05) is 25.3 Å². The third-order valence-corrected chi connectivity index (χ3v) is 4.00. The molecule has 2 N–H and O–H groups in total. The Morgan fingerprint density at radius 1 is 1.24 bits per heavy atom. The lowest BCUT2D eigenvalue weighted by Gasteiger charge is -2.22. The topological polar surface area (TPSA) is 67.8 Å². The van der Waals surface area contributed by atoms with Gasteiger partial charge in [-0.25, -0.2) is 9.98 Å². The summed E-state index contributed by atoms with van der Waals surface area (Å²) < 4.78 is 11.0. The van der Waals surface area contributed by atoms with Crippen LogP contribution in [0.3, 0.4) is 0 Å². The molecule has 7 heteroatoms. The van der Waals surface area contributed by atoms with E-state index in [-0.39, 0.29) is 24.0 Å². The van der Waals surface area contributed by atoms with Gasteiger partial charge in [0.25, 0.3) is 0 Å². The second-order valence-electron chi connectivity index (χ2n) is 6.00. The molecule has 25 heavy (non-hydrogen) atoms. The summed E-state index contributed by atoms with van der Waals surface area (Å²) in [5.41, 5.74) is 1.06. The summed E-state index contributed by atoms with van der Waals surface area (Å²) in [6.45, 7) is 4.84. The second-order valence-corrected chi connectivity index (χ2v) is 6.00. The summed E-state index contributed by atoms with van der Waals surface area (Å²) in [5.74, 6) is 1.51. The summed E-state index contributed by atoms with van der Waals surface area (Å²) >= 11 is 0. The fourth-order valence-electron chi connectivity index (χ4n) is 2.71. The van der Waals surface area contributed by atoms with Gasteiger partial charge in [0.2, 0.25) is 5.88 Å². The lowest BCUT2D eigenvalue weighted by Crippen LogP contribution is -2.38. The van der Waals surface area contributed by atoms with Crippen molar-refractivity contribution in [2.24, 2.45) is 4.99 Å². The number of aliphatic imine (C=N–C) groups is 1. The molecule has 0 radical (unpaired) electrons. The Morgan fingerprint density at radius 3 is 2.68 bits per heavy atom. The average Bonchev–Trinajstić information content (AvgIpc) is 2.62. The lowest BCUT2D eigenvalue weighted by atomic mass is 9.98. The molecule has 1 aliphatic carbocycles. The largest absolute Gasteiger partial charge is 0.474 e. The number of hydrogen-bond donors (Lipinski definition) is 2. The molecule has 1 saturated carbocycles. The van der Waals surface area contributed by atoms with E-state index in [2.05, 4.69) is 20.6 Å². The van der Waals surface area contributed by atoms with Crippen LogP contribution in [0.2, 0.25) is 0 Å². The zero-order valence-corrected chi connectivity index (χ0v) is 17.6. The van der Waals surface area contributed by atoms with Crippen molar-refractivity contribution >= 4 is 29.9 Å². The number of guanidine groups is 1. The quantitative estimate of drug-likeness (QED) is 0.269. The summed E-state index contributed by atoms with van der Waals surface area (Å²) in [4.78, 5) is 8.98. The van der Waals surface area contributed by atoms with Gasteiger partial charge in [-0.2, -0.15) is 0 Å². The highest BCUT2D eigenvalue weighted by Crippen LogP contribution is 2.22. The van der Waals surface area contributed by atoms with E-state index < -0.39 is 0 Å². The molecule has 0 aliphatic heterocycles. The minimum absolute atomic E-state index is 0. The van der Waals surface area contributed by atoms with Gasteiger partial charge >= 0.3 is 0 Å². The third-order valence-electron chi connectivity index (χ3n) is 4.00. The van der Waals surface area contributed by atoms with E-state index in [0.717, 1.165) is 43.3 Å². The normalized spacial score (nSPS) is 15.4. The Bertz CT molecular complexity index is 490. The molecule has 0 bridgehead atoms. The fourth-order valence-corrected chi connectivity index (χ4v) is 2.71. The Hall–Kier alpha value is -1.09. The summed E-state index contributed by atoms with van der Waals surface area (Å²) in [6.07, 6.45) is 8.33. The van der Waals surface area contributed by atoms with E-state index in [0.29, 0.717) is 19.3 Å². The summed E-state index contributed by atoms with van der Waals surface area (Å²) in [5, 5.41) is 6.44. The molecule has 6 nitrogen and oxygen atoms in total. The average molecular weight is 462 g/mol. The molecule has 0 amide bonds. The SMILES string of the molecule is CCNC(=NCc1ccc(OC2CCCCC2)nc1)NCCOC.I. The zero-order valence-electron chi connectivity index (χ0n) is 15.3. The number of pyridine rings is 1. The zero-order chi connectivity index (χ0) is 17.0. The first-order valence-electron chi connectivity index (χ1n) is 8.94. The minimum Gasteiger partial charge on any atom is -0.474 e. The standard InChI is InChI=1S/C18H30N4O2.HI/c1-3-19-18(20-11-12-23-2)22-14-15-9-10-17(21-13-15)24-16-7-5-4-6-8-16;/h9-10,13,16H,3-8,11-12,14H2,1-2H3,(H2,19,20,22);1H. The van der Waals surface area contributed by atoms with Crippen molar-refractivity contribution in [1.29, 1.82) is 0 Å². The highest BCUT2D eigenvalue weighted by Gasteiger charge is 2.15. The van der Waals surface area contributed by atoms with Crippen LogP contribution in [0.5, 0.6) is 5.88 Å². The van der Waals surface area contributed by atoms with Crippen LogP contribution < -0.4 is 15.4 Å². The van der Waals surface area contributed by atoms with Crippen LogP contribution in [0.15, 0.2) is 23.3 Å². The van der Waals surface area contributed by atoms with Crippen LogP contribution in [0.4, 0.5) is 0 Å². The van der Waals surface area contributed by atoms with Gasteiger partial charge in [-0.15, -0.1) is 24.0 Å². The number of nitrogens with one attached hydrogen (secondary N) is 2. The fraction of sp³-hybridized carbons (Fsp3) is 0.667. The van der Waals surface area contributed by atoms with Crippen LogP contribution >= 0.6 is 24.0 Å². The van der Waals surface area contributed by atoms with E-state index in [9.17, 15) is 0 Å². The molecule has 1 aliphatic rings. The van der Waals surface area contributed by atoms with Gasteiger partial charge in [0.05, 0.1) is 13.2 Å². The van der Waals surface area contributed by atoms with Crippen LogP contribution in [0.1, 0.15) is 44.6 Å².